The van der Waals surface area contributed by atoms with Crippen LogP contribution in [0.3, 0.4) is 0 Å². The molecule has 1 fully saturated rings. The maximum absolute atomic E-state index is 13.3. The van der Waals surface area contributed by atoms with Gasteiger partial charge < -0.3 is 5.73 Å². The van der Waals surface area contributed by atoms with Crippen LogP contribution in [0.25, 0.3) is 0 Å². The Kier molecular flexibility index (Phi) is 4.03. The first-order valence-electron chi connectivity index (χ1n) is 6.84. The second-order valence-corrected chi connectivity index (χ2v) is 5.44. The summed E-state index contributed by atoms with van der Waals surface area (Å²) in [6.07, 6.45) is 3.46. The maximum atomic E-state index is 13.3. The highest BCUT2D eigenvalue weighted by Gasteiger charge is 2.38. The van der Waals surface area contributed by atoms with E-state index in [1.165, 1.54) is 18.9 Å². The normalized spacial score (nSPS) is 21.8. The van der Waals surface area contributed by atoms with E-state index in [9.17, 15) is 4.39 Å². The molecule has 2 N–H and O–H groups in total. The lowest BCUT2D eigenvalue weighted by Crippen LogP contribution is -2.51. The predicted octanol–water partition coefficient (Wildman–Crippen LogP) is 3.09. The Balaban J connectivity index is 2.26. The van der Waals surface area contributed by atoms with Gasteiger partial charge in [0.2, 0.25) is 0 Å². The number of rotatable bonds is 4. The number of nitrogens with two attached hydrogens (primary N) is 1. The molecule has 0 spiro atoms. The first-order valence-corrected chi connectivity index (χ1v) is 6.84. The van der Waals surface area contributed by atoms with Crippen LogP contribution >= 0.6 is 0 Å². The van der Waals surface area contributed by atoms with E-state index in [0.717, 1.165) is 25.1 Å². The van der Waals surface area contributed by atoms with Crippen molar-refractivity contribution in [3.8, 4) is 0 Å². The summed E-state index contributed by atoms with van der Waals surface area (Å²) in [7, 11) is 0. The molecule has 0 saturated carbocycles. The first-order chi connectivity index (χ1) is 8.58. The standard InChI is InChI=1S/C15H23FN2/c1-3-15(2,18-9-4-5-10-18)14(17)12-7-6-8-13(16)11-12/h6-8,11,14H,3-5,9-10,17H2,1-2H3. The summed E-state index contributed by atoms with van der Waals surface area (Å²) in [5.74, 6) is -0.206. The molecule has 0 amide bonds. The van der Waals surface area contributed by atoms with E-state index in [1.807, 2.05) is 6.07 Å². The summed E-state index contributed by atoms with van der Waals surface area (Å²) in [5.41, 5.74) is 7.24. The molecule has 2 rings (SSSR count). The average molecular weight is 250 g/mol. The zero-order chi connectivity index (χ0) is 13.2. The molecule has 0 aromatic heterocycles. The van der Waals surface area contributed by atoms with E-state index in [0.29, 0.717) is 0 Å². The van der Waals surface area contributed by atoms with E-state index >= 15 is 0 Å². The second kappa shape index (κ2) is 5.37. The number of hydrogen-bond donors (Lipinski definition) is 1. The van der Waals surface area contributed by atoms with Gasteiger partial charge in [0.25, 0.3) is 0 Å². The van der Waals surface area contributed by atoms with Gasteiger partial charge in [-0.3, -0.25) is 4.90 Å². The van der Waals surface area contributed by atoms with Crippen LogP contribution < -0.4 is 5.73 Å². The topological polar surface area (TPSA) is 29.3 Å². The molecular formula is C15H23FN2. The predicted molar refractivity (Wildman–Crippen MR) is 72.8 cm³/mol. The van der Waals surface area contributed by atoms with Gasteiger partial charge in [0.05, 0.1) is 0 Å². The van der Waals surface area contributed by atoms with Gasteiger partial charge in [-0.2, -0.15) is 0 Å². The van der Waals surface area contributed by atoms with Gasteiger partial charge >= 0.3 is 0 Å². The van der Waals surface area contributed by atoms with E-state index in [-0.39, 0.29) is 17.4 Å². The molecule has 2 nitrogen and oxygen atoms in total. The monoisotopic (exact) mass is 250 g/mol. The smallest absolute Gasteiger partial charge is 0.123 e. The minimum Gasteiger partial charge on any atom is -0.322 e. The molecule has 0 radical (unpaired) electrons. The molecule has 3 heteroatoms. The van der Waals surface area contributed by atoms with Gasteiger partial charge in [0.1, 0.15) is 5.82 Å². The van der Waals surface area contributed by atoms with Crippen molar-refractivity contribution in [3.05, 3.63) is 35.6 Å². The third kappa shape index (κ3) is 2.43. The zero-order valence-electron chi connectivity index (χ0n) is 11.3. The quantitative estimate of drug-likeness (QED) is 0.889. The van der Waals surface area contributed by atoms with Crippen molar-refractivity contribution in [2.45, 2.75) is 44.7 Å². The molecule has 1 aliphatic heterocycles. The Morgan fingerprint density at radius 2 is 2.06 bits per heavy atom. The summed E-state index contributed by atoms with van der Waals surface area (Å²) >= 11 is 0. The SMILES string of the molecule is CCC(C)(C(N)c1cccc(F)c1)N1CCCC1. The van der Waals surface area contributed by atoms with E-state index < -0.39 is 0 Å². The number of nitrogens with zero attached hydrogens (tertiary/aromatic N) is 1. The Bertz CT molecular complexity index is 401. The van der Waals surface area contributed by atoms with Crippen LogP contribution in [-0.2, 0) is 0 Å². The molecule has 1 aromatic rings. The van der Waals surface area contributed by atoms with Gasteiger partial charge in [0.15, 0.2) is 0 Å². The van der Waals surface area contributed by atoms with Crippen molar-refractivity contribution in [1.29, 1.82) is 0 Å². The third-order valence-electron chi connectivity index (χ3n) is 4.42. The van der Waals surface area contributed by atoms with E-state index in [2.05, 4.69) is 18.7 Å². The van der Waals surface area contributed by atoms with Crippen LogP contribution in [0, 0.1) is 5.82 Å². The van der Waals surface area contributed by atoms with Gasteiger partial charge in [0, 0.05) is 11.6 Å². The van der Waals surface area contributed by atoms with E-state index in [4.69, 9.17) is 5.73 Å². The van der Waals surface area contributed by atoms with Crippen molar-refractivity contribution >= 4 is 0 Å². The fourth-order valence-electron chi connectivity index (χ4n) is 2.93. The molecule has 2 unspecified atom stereocenters. The molecule has 100 valence electrons. The van der Waals surface area contributed by atoms with Gasteiger partial charge in [-0.05, 0) is 57.0 Å². The van der Waals surface area contributed by atoms with Crippen molar-refractivity contribution < 1.29 is 4.39 Å². The highest BCUT2D eigenvalue weighted by Crippen LogP contribution is 2.34. The lowest BCUT2D eigenvalue weighted by atomic mass is 9.83. The van der Waals surface area contributed by atoms with Gasteiger partial charge in [-0.15, -0.1) is 0 Å². The number of halogens is 1. The second-order valence-electron chi connectivity index (χ2n) is 5.44. The van der Waals surface area contributed by atoms with Crippen LogP contribution in [-0.4, -0.2) is 23.5 Å². The largest absolute Gasteiger partial charge is 0.322 e. The zero-order valence-corrected chi connectivity index (χ0v) is 11.3. The summed E-state index contributed by atoms with van der Waals surface area (Å²) in [6.45, 7) is 6.58. The molecule has 2 atom stereocenters. The third-order valence-corrected chi connectivity index (χ3v) is 4.42. The van der Waals surface area contributed by atoms with Crippen LogP contribution in [0.15, 0.2) is 24.3 Å². The summed E-state index contributed by atoms with van der Waals surface area (Å²) < 4.78 is 13.3. The minimum absolute atomic E-state index is 0.0791. The van der Waals surface area contributed by atoms with Crippen molar-refractivity contribution in [1.82, 2.24) is 4.90 Å². The first kappa shape index (κ1) is 13.5. The summed E-state index contributed by atoms with van der Waals surface area (Å²) in [6, 6.07) is 6.56. The van der Waals surface area contributed by atoms with Crippen LogP contribution in [0.4, 0.5) is 4.39 Å². The molecule has 1 aliphatic rings. The highest BCUT2D eigenvalue weighted by atomic mass is 19.1. The van der Waals surface area contributed by atoms with Crippen molar-refractivity contribution in [3.63, 3.8) is 0 Å². The fourth-order valence-corrected chi connectivity index (χ4v) is 2.93. The average Bonchev–Trinajstić information content (AvgIpc) is 2.91. The van der Waals surface area contributed by atoms with E-state index in [1.54, 1.807) is 12.1 Å². The molecule has 0 bridgehead atoms. The Morgan fingerprint density at radius 3 is 2.61 bits per heavy atom. The minimum atomic E-state index is -0.206. The van der Waals surface area contributed by atoms with Crippen LogP contribution in [0.5, 0.6) is 0 Å². The number of likely N-dealkylation sites (tertiary alicyclic amines) is 1. The Labute approximate surface area is 109 Å². The fraction of sp³-hybridized carbons (Fsp3) is 0.600. The van der Waals surface area contributed by atoms with Crippen LogP contribution in [0.1, 0.15) is 44.7 Å². The summed E-state index contributed by atoms with van der Waals surface area (Å²) in [4.78, 5) is 2.46. The maximum Gasteiger partial charge on any atom is 0.123 e. The number of hydrogen-bond acceptors (Lipinski definition) is 2. The lowest BCUT2D eigenvalue weighted by Gasteiger charge is -2.43. The lowest BCUT2D eigenvalue weighted by molar-refractivity contribution is 0.0999. The van der Waals surface area contributed by atoms with Crippen molar-refractivity contribution in [2.24, 2.45) is 5.73 Å². The highest BCUT2D eigenvalue weighted by molar-refractivity contribution is 5.23. The molecule has 0 aliphatic carbocycles. The molecule has 1 aromatic carbocycles. The number of benzene rings is 1. The molecule has 1 saturated heterocycles. The van der Waals surface area contributed by atoms with Crippen molar-refractivity contribution in [2.75, 3.05) is 13.1 Å². The summed E-state index contributed by atoms with van der Waals surface area (Å²) in [5, 5.41) is 0. The van der Waals surface area contributed by atoms with Crippen LogP contribution in [0.2, 0.25) is 0 Å². The molecular weight excluding hydrogens is 227 g/mol. The molecule has 18 heavy (non-hydrogen) atoms. The van der Waals surface area contributed by atoms with Gasteiger partial charge in [-0.25, -0.2) is 4.39 Å². The van der Waals surface area contributed by atoms with Gasteiger partial charge in [-0.1, -0.05) is 19.1 Å². The molecule has 1 heterocycles. The Hall–Kier alpha value is -0.930. The Morgan fingerprint density at radius 1 is 1.39 bits per heavy atom.